The number of carbonyl (C=O) groups is 3. The third-order valence-corrected chi connectivity index (χ3v) is 8.88. The molecule has 10 nitrogen and oxygen atoms in total. The van der Waals surface area contributed by atoms with Crippen molar-refractivity contribution in [1.82, 2.24) is 9.80 Å². The lowest BCUT2D eigenvalue weighted by atomic mass is 10.1. The van der Waals surface area contributed by atoms with Gasteiger partial charge in [-0.1, -0.05) is 24.3 Å². The Balaban J connectivity index is 1.22. The minimum atomic E-state index is -1.33. The molecule has 5 rings (SSSR count). The van der Waals surface area contributed by atoms with Crippen LogP contribution >= 0.6 is 0 Å². The van der Waals surface area contributed by atoms with E-state index < -0.39 is 47.6 Å². The molecular formula is C40H50F3N5O5. The lowest BCUT2D eigenvalue weighted by Gasteiger charge is -2.28. The zero-order valence-corrected chi connectivity index (χ0v) is 31.2. The molecule has 2 fully saturated rings. The number of ether oxygens (including phenoxy) is 2. The van der Waals surface area contributed by atoms with Crippen LogP contribution in [0.1, 0.15) is 65.5 Å². The van der Waals surface area contributed by atoms with Crippen molar-refractivity contribution in [2.45, 2.75) is 103 Å². The molecule has 0 aromatic heterocycles. The van der Waals surface area contributed by atoms with Crippen LogP contribution in [0.25, 0.3) is 0 Å². The van der Waals surface area contributed by atoms with Gasteiger partial charge in [0.2, 0.25) is 11.8 Å². The number of rotatable bonds is 11. The van der Waals surface area contributed by atoms with Gasteiger partial charge in [0.05, 0.1) is 18.2 Å². The molecule has 3 aromatic rings. The Hall–Kier alpha value is -4.62. The van der Waals surface area contributed by atoms with Crippen LogP contribution in [-0.4, -0.2) is 83.2 Å². The normalized spacial score (nSPS) is 20.7. The van der Waals surface area contributed by atoms with Crippen molar-refractivity contribution < 1.29 is 37.0 Å². The Kier molecular flexibility index (Phi) is 12.4. The van der Waals surface area contributed by atoms with Gasteiger partial charge >= 0.3 is 6.09 Å². The fourth-order valence-electron chi connectivity index (χ4n) is 6.26. The van der Waals surface area contributed by atoms with E-state index in [1.165, 1.54) is 12.1 Å². The molecule has 0 aliphatic carbocycles. The van der Waals surface area contributed by atoms with Gasteiger partial charge in [-0.2, -0.15) is 0 Å². The summed E-state index contributed by atoms with van der Waals surface area (Å²) in [5, 5.41) is 5.71. The highest BCUT2D eigenvalue weighted by Gasteiger charge is 2.42. The number of hydrogen-bond acceptors (Lipinski definition) is 7. The number of halogens is 3. The molecule has 0 saturated carbocycles. The molecular weight excluding hydrogens is 687 g/mol. The standard InChI is InChI=1S/C40H50F3N5O5/c1-39(2,3)52-25-47-23-29(42)19-34(47)36(49)44-31-13-7-26(8-14-31)21-46(33-17-11-28(41)12-18-33)22-27-9-15-32(16-10-27)45-37(50)35-20-30(43)24-48(35)38(51)53-40(4,5)6/h7-18,29-30,34-35H,19-25H2,1-6H3,(H,44,49)(H,45,50). The predicted octanol–water partition coefficient (Wildman–Crippen LogP) is 7.44. The first-order valence-electron chi connectivity index (χ1n) is 17.9. The van der Waals surface area contributed by atoms with Crippen molar-refractivity contribution in [3.8, 4) is 0 Å². The van der Waals surface area contributed by atoms with Crippen molar-refractivity contribution in [3.05, 3.63) is 89.7 Å². The van der Waals surface area contributed by atoms with Gasteiger partial charge in [0, 0.05) is 49.5 Å². The Morgan fingerprint density at radius 2 is 1.21 bits per heavy atom. The number of amides is 3. The number of nitrogens with one attached hydrogen (secondary N) is 2. The molecule has 53 heavy (non-hydrogen) atoms. The highest BCUT2D eigenvalue weighted by molar-refractivity contribution is 5.97. The summed E-state index contributed by atoms with van der Waals surface area (Å²) in [7, 11) is 0. The van der Waals surface area contributed by atoms with Crippen LogP contribution in [-0.2, 0) is 32.2 Å². The summed E-state index contributed by atoms with van der Waals surface area (Å²) in [6, 6.07) is 19.1. The smallest absolute Gasteiger partial charge is 0.411 e. The van der Waals surface area contributed by atoms with Crippen molar-refractivity contribution in [3.63, 3.8) is 0 Å². The van der Waals surface area contributed by atoms with E-state index in [9.17, 15) is 27.6 Å². The zero-order chi connectivity index (χ0) is 38.5. The SMILES string of the molecule is CC(C)(C)OCN1CC(F)CC1C(=O)Nc1ccc(CN(Cc2ccc(NC(=O)C3CC(F)CN3C(=O)OC(C)(C)C)cc2)c2ccc(F)cc2)cc1. The molecule has 4 unspecified atom stereocenters. The van der Waals surface area contributed by atoms with Gasteiger partial charge in [0.25, 0.3) is 0 Å². The number of hydrogen-bond donors (Lipinski definition) is 2. The van der Waals surface area contributed by atoms with E-state index in [1.807, 2.05) is 45.0 Å². The van der Waals surface area contributed by atoms with Crippen molar-refractivity contribution >= 4 is 35.0 Å². The summed E-state index contributed by atoms with van der Waals surface area (Å²) in [6.07, 6.45) is -3.19. The minimum Gasteiger partial charge on any atom is -0.444 e. The number of nitrogens with zero attached hydrogens (tertiary/aromatic N) is 3. The number of likely N-dealkylation sites (tertiary alicyclic amines) is 2. The van der Waals surface area contributed by atoms with E-state index in [0.717, 1.165) is 21.7 Å². The number of anilines is 3. The molecule has 0 radical (unpaired) electrons. The molecule has 3 amide bonds. The second kappa shape index (κ2) is 16.6. The fourth-order valence-corrected chi connectivity index (χ4v) is 6.26. The van der Waals surface area contributed by atoms with Crippen molar-refractivity contribution in [2.75, 3.05) is 35.4 Å². The molecule has 4 atom stereocenters. The number of carbonyl (C=O) groups excluding carboxylic acids is 3. The highest BCUT2D eigenvalue weighted by Crippen LogP contribution is 2.27. The summed E-state index contributed by atoms with van der Waals surface area (Å²) in [5.41, 5.74) is 2.48. The average Bonchev–Trinajstić information content (AvgIpc) is 3.67. The van der Waals surface area contributed by atoms with Gasteiger partial charge in [-0.05, 0) is 101 Å². The van der Waals surface area contributed by atoms with E-state index in [4.69, 9.17) is 9.47 Å². The molecule has 2 N–H and O–H groups in total. The molecule has 0 spiro atoms. The summed E-state index contributed by atoms with van der Waals surface area (Å²) >= 11 is 0. The summed E-state index contributed by atoms with van der Waals surface area (Å²) in [4.78, 5) is 43.9. The van der Waals surface area contributed by atoms with E-state index in [1.54, 1.807) is 62.1 Å². The Morgan fingerprint density at radius 1 is 0.717 bits per heavy atom. The van der Waals surface area contributed by atoms with Crippen LogP contribution in [0.15, 0.2) is 72.8 Å². The maximum absolute atomic E-state index is 14.3. The van der Waals surface area contributed by atoms with E-state index in [2.05, 4.69) is 15.5 Å². The van der Waals surface area contributed by atoms with Crippen LogP contribution in [0.4, 0.5) is 35.0 Å². The van der Waals surface area contributed by atoms with Crippen LogP contribution in [0, 0.1) is 5.82 Å². The van der Waals surface area contributed by atoms with Crippen LogP contribution in [0.2, 0.25) is 0 Å². The molecule has 2 saturated heterocycles. The maximum Gasteiger partial charge on any atom is 0.411 e. The van der Waals surface area contributed by atoms with Gasteiger partial charge in [0.15, 0.2) is 0 Å². The summed E-state index contributed by atoms with van der Waals surface area (Å²) in [6.45, 7) is 11.8. The number of benzene rings is 3. The van der Waals surface area contributed by atoms with Gasteiger partial charge in [-0.25, -0.2) is 18.0 Å². The molecule has 0 bridgehead atoms. The van der Waals surface area contributed by atoms with E-state index in [0.29, 0.717) is 24.5 Å². The molecule has 286 valence electrons. The van der Waals surface area contributed by atoms with Gasteiger partial charge < -0.3 is 25.0 Å². The second-order valence-electron chi connectivity index (χ2n) is 15.7. The average molecular weight is 738 g/mol. The monoisotopic (exact) mass is 737 g/mol. The lowest BCUT2D eigenvalue weighted by molar-refractivity contribution is -0.125. The number of alkyl halides is 2. The largest absolute Gasteiger partial charge is 0.444 e. The Morgan fingerprint density at radius 3 is 1.72 bits per heavy atom. The van der Waals surface area contributed by atoms with Gasteiger partial charge in [-0.3, -0.25) is 19.4 Å². The van der Waals surface area contributed by atoms with E-state index in [-0.39, 0.29) is 44.4 Å². The molecule has 3 aromatic carbocycles. The summed E-state index contributed by atoms with van der Waals surface area (Å²) < 4.78 is 53.7. The van der Waals surface area contributed by atoms with Crippen LogP contribution in [0.5, 0.6) is 0 Å². The molecule has 2 aliphatic heterocycles. The molecule has 2 heterocycles. The first kappa shape index (κ1) is 39.6. The fraction of sp³-hybridized carbons (Fsp3) is 0.475. The second-order valence-corrected chi connectivity index (χ2v) is 15.7. The van der Waals surface area contributed by atoms with Gasteiger partial charge in [-0.15, -0.1) is 0 Å². The minimum absolute atomic E-state index is 0.101. The first-order chi connectivity index (χ1) is 24.9. The third kappa shape index (κ3) is 11.4. The lowest BCUT2D eigenvalue weighted by Crippen LogP contribution is -2.45. The van der Waals surface area contributed by atoms with Crippen molar-refractivity contribution in [2.24, 2.45) is 0 Å². The highest BCUT2D eigenvalue weighted by atomic mass is 19.1. The Labute approximate surface area is 309 Å². The molecule has 2 aliphatic rings. The first-order valence-corrected chi connectivity index (χ1v) is 17.9. The van der Waals surface area contributed by atoms with Gasteiger partial charge in [0.1, 0.15) is 36.5 Å². The topological polar surface area (TPSA) is 103 Å². The quantitative estimate of drug-likeness (QED) is 0.211. The van der Waals surface area contributed by atoms with Crippen LogP contribution in [0.3, 0.4) is 0 Å². The summed E-state index contributed by atoms with van der Waals surface area (Å²) in [5.74, 6) is -1.15. The predicted molar refractivity (Wildman–Crippen MR) is 198 cm³/mol. The third-order valence-electron chi connectivity index (χ3n) is 8.88. The Bertz CT molecular complexity index is 1710. The maximum atomic E-state index is 14.3. The van der Waals surface area contributed by atoms with Crippen molar-refractivity contribution in [1.29, 1.82) is 0 Å². The zero-order valence-electron chi connectivity index (χ0n) is 31.2. The van der Waals surface area contributed by atoms with Crippen LogP contribution < -0.4 is 15.5 Å². The molecule has 13 heteroatoms. The van der Waals surface area contributed by atoms with E-state index >= 15 is 0 Å².